The second-order valence-corrected chi connectivity index (χ2v) is 6.59. The van der Waals surface area contributed by atoms with Crippen molar-refractivity contribution in [3.05, 3.63) is 0 Å². The molecule has 0 aliphatic heterocycles. The molecule has 0 heterocycles. The Morgan fingerprint density at radius 1 is 0.571 bits per heavy atom. The average molecular weight is 437 g/mol. The zero-order valence-electron chi connectivity index (χ0n) is 16.9. The molecule has 0 saturated carbocycles. The molecule has 0 radical (unpaired) electrons. The van der Waals surface area contributed by atoms with Crippen molar-refractivity contribution in [3.8, 4) is 0 Å². The molecule has 28 heavy (non-hydrogen) atoms. The van der Waals surface area contributed by atoms with Gasteiger partial charge in [-0.3, -0.25) is 4.55 Å². The first-order valence-electron chi connectivity index (χ1n) is 8.90. The van der Waals surface area contributed by atoms with Gasteiger partial charge in [0.1, 0.15) is 0 Å². The zero-order chi connectivity index (χ0) is 21.3. The molecular formula is C16H36O11S. The predicted molar refractivity (Wildman–Crippen MR) is 101 cm³/mol. The summed E-state index contributed by atoms with van der Waals surface area (Å²) in [5, 5.41) is 8.49. The lowest BCUT2D eigenvalue weighted by Crippen LogP contribution is -2.14. The topological polar surface area (TPSA) is 139 Å². The van der Waals surface area contributed by atoms with Crippen molar-refractivity contribution in [2.45, 2.75) is 0 Å². The standard InChI is InChI=1S/C15H32O8.CH4O3S/c1-17-4-5-19-8-9-21-12-13-23-15-14-22-11-10-20-7-6-18-3-2-16;1-5(2,3)4/h16H,2-15H2,1H3;1H3,(H,2,3,4). The minimum atomic E-state index is -3.67. The van der Waals surface area contributed by atoms with Crippen LogP contribution in [0.15, 0.2) is 0 Å². The van der Waals surface area contributed by atoms with Gasteiger partial charge in [-0.15, -0.1) is 0 Å². The summed E-state index contributed by atoms with van der Waals surface area (Å²) in [6.45, 7) is 6.90. The maximum Gasteiger partial charge on any atom is 0.261 e. The van der Waals surface area contributed by atoms with Crippen LogP contribution < -0.4 is 0 Å². The first-order valence-corrected chi connectivity index (χ1v) is 10.7. The van der Waals surface area contributed by atoms with E-state index in [4.69, 9.17) is 42.8 Å². The van der Waals surface area contributed by atoms with E-state index in [1.165, 1.54) is 0 Å². The molecule has 172 valence electrons. The number of hydrogen-bond acceptors (Lipinski definition) is 10. The molecule has 0 aliphatic carbocycles. The second kappa shape index (κ2) is 24.6. The van der Waals surface area contributed by atoms with Crippen LogP contribution in [0.5, 0.6) is 0 Å². The Hall–Kier alpha value is -0.410. The molecule has 11 nitrogen and oxygen atoms in total. The number of aliphatic hydroxyl groups excluding tert-OH is 1. The van der Waals surface area contributed by atoms with E-state index < -0.39 is 10.1 Å². The molecule has 0 atom stereocenters. The third-order valence-electron chi connectivity index (χ3n) is 2.53. The first-order chi connectivity index (χ1) is 13.4. The summed E-state index contributed by atoms with van der Waals surface area (Å²) in [5.41, 5.74) is 0. The van der Waals surface area contributed by atoms with Crippen LogP contribution in [0, 0.1) is 0 Å². The molecule has 0 bridgehead atoms. The molecule has 0 aromatic heterocycles. The molecule has 12 heteroatoms. The van der Waals surface area contributed by atoms with E-state index in [-0.39, 0.29) is 6.61 Å². The number of aliphatic hydroxyl groups is 1. The summed E-state index contributed by atoms with van der Waals surface area (Å²) in [4.78, 5) is 0. The fourth-order valence-electron chi connectivity index (χ4n) is 1.41. The quantitative estimate of drug-likeness (QED) is 0.184. The smallest absolute Gasteiger partial charge is 0.261 e. The van der Waals surface area contributed by atoms with Gasteiger partial charge in [-0.2, -0.15) is 8.42 Å². The van der Waals surface area contributed by atoms with Crippen LogP contribution in [-0.2, 0) is 43.3 Å². The average Bonchev–Trinajstić information content (AvgIpc) is 2.62. The summed E-state index contributed by atoms with van der Waals surface area (Å²) in [6, 6.07) is 0. The lowest BCUT2D eigenvalue weighted by molar-refractivity contribution is -0.0202. The van der Waals surface area contributed by atoms with Gasteiger partial charge in [-0.05, 0) is 0 Å². The Bertz CT molecular complexity index is 351. The molecule has 0 aliphatic rings. The SMILES string of the molecule is COCCOCCOCCOCCOCCOCCOCCO.CS(=O)(=O)O. The molecule has 0 spiro atoms. The maximum atomic E-state index is 9.19. The third kappa shape index (κ3) is 40.3. The van der Waals surface area contributed by atoms with Gasteiger partial charge in [-0.25, -0.2) is 0 Å². The van der Waals surface area contributed by atoms with Gasteiger partial charge in [0.05, 0.1) is 98.8 Å². The number of methoxy groups -OCH3 is 1. The Labute approximate surface area is 167 Å². The van der Waals surface area contributed by atoms with Crippen LogP contribution in [0.1, 0.15) is 0 Å². The van der Waals surface area contributed by atoms with E-state index in [2.05, 4.69) is 0 Å². The van der Waals surface area contributed by atoms with E-state index in [0.717, 1.165) is 0 Å². The van der Waals surface area contributed by atoms with Gasteiger partial charge in [0.25, 0.3) is 10.1 Å². The van der Waals surface area contributed by atoms with Crippen molar-refractivity contribution in [2.75, 3.05) is 106 Å². The molecule has 0 aromatic carbocycles. The first kappa shape index (κ1) is 29.8. The summed E-state index contributed by atoms with van der Waals surface area (Å²) in [7, 11) is -2.02. The number of rotatable bonds is 20. The minimum absolute atomic E-state index is 0.0380. The second-order valence-electron chi connectivity index (χ2n) is 5.12. The fourth-order valence-corrected chi connectivity index (χ4v) is 1.41. The fraction of sp³-hybridized carbons (Fsp3) is 1.00. The van der Waals surface area contributed by atoms with Crippen molar-refractivity contribution in [3.63, 3.8) is 0 Å². The summed E-state index contributed by atoms with van der Waals surface area (Å²) in [5.74, 6) is 0. The highest BCUT2D eigenvalue weighted by molar-refractivity contribution is 7.85. The van der Waals surface area contributed by atoms with Crippen molar-refractivity contribution < 1.29 is 51.2 Å². The van der Waals surface area contributed by atoms with Crippen molar-refractivity contribution >= 4 is 10.1 Å². The van der Waals surface area contributed by atoms with Crippen LogP contribution in [0.4, 0.5) is 0 Å². The Balaban J connectivity index is 0. The molecule has 0 amide bonds. The van der Waals surface area contributed by atoms with Crippen LogP contribution in [0.25, 0.3) is 0 Å². The maximum absolute atomic E-state index is 9.19. The summed E-state index contributed by atoms with van der Waals surface area (Å²) < 4.78 is 62.3. The highest BCUT2D eigenvalue weighted by Crippen LogP contribution is 1.84. The number of ether oxygens (including phenoxy) is 7. The van der Waals surface area contributed by atoms with Crippen LogP contribution in [-0.4, -0.2) is 124 Å². The minimum Gasteiger partial charge on any atom is -0.394 e. The lowest BCUT2D eigenvalue weighted by Gasteiger charge is -2.08. The highest BCUT2D eigenvalue weighted by atomic mass is 32.2. The van der Waals surface area contributed by atoms with Gasteiger partial charge in [-0.1, -0.05) is 0 Å². The van der Waals surface area contributed by atoms with Crippen molar-refractivity contribution in [1.82, 2.24) is 0 Å². The molecule has 2 N–H and O–H groups in total. The third-order valence-corrected chi connectivity index (χ3v) is 2.53. The molecule has 0 rings (SSSR count). The largest absolute Gasteiger partial charge is 0.394 e. The van der Waals surface area contributed by atoms with Gasteiger partial charge in [0.15, 0.2) is 0 Å². The van der Waals surface area contributed by atoms with E-state index in [1.807, 2.05) is 0 Å². The molecule has 0 fully saturated rings. The highest BCUT2D eigenvalue weighted by Gasteiger charge is 1.94. The van der Waals surface area contributed by atoms with Gasteiger partial charge in [0.2, 0.25) is 0 Å². The van der Waals surface area contributed by atoms with E-state index in [1.54, 1.807) is 7.11 Å². The van der Waals surface area contributed by atoms with Crippen molar-refractivity contribution in [2.24, 2.45) is 0 Å². The van der Waals surface area contributed by atoms with Gasteiger partial charge < -0.3 is 38.3 Å². The molecule has 0 saturated heterocycles. The van der Waals surface area contributed by atoms with Crippen LogP contribution in [0.2, 0.25) is 0 Å². The van der Waals surface area contributed by atoms with Crippen LogP contribution in [0.3, 0.4) is 0 Å². The van der Waals surface area contributed by atoms with Crippen molar-refractivity contribution in [1.29, 1.82) is 0 Å². The van der Waals surface area contributed by atoms with E-state index >= 15 is 0 Å². The molecule has 0 unspecified atom stereocenters. The summed E-state index contributed by atoms with van der Waals surface area (Å²) in [6.07, 6.45) is 0.715. The predicted octanol–water partition coefficient (Wildman–Crippen LogP) is -0.771. The van der Waals surface area contributed by atoms with E-state index in [9.17, 15) is 8.42 Å². The molecular weight excluding hydrogens is 400 g/mol. The van der Waals surface area contributed by atoms with Gasteiger partial charge >= 0.3 is 0 Å². The number of hydrogen-bond donors (Lipinski definition) is 2. The summed E-state index contributed by atoms with van der Waals surface area (Å²) >= 11 is 0. The van der Waals surface area contributed by atoms with Crippen LogP contribution >= 0.6 is 0 Å². The normalized spacial score (nSPS) is 11.3. The Morgan fingerprint density at radius 2 is 0.786 bits per heavy atom. The Kier molecular flexibility index (Phi) is 26.2. The van der Waals surface area contributed by atoms with Gasteiger partial charge in [0, 0.05) is 7.11 Å². The molecule has 0 aromatic rings. The monoisotopic (exact) mass is 436 g/mol. The van der Waals surface area contributed by atoms with E-state index in [0.29, 0.717) is 92.1 Å². The lowest BCUT2D eigenvalue weighted by atomic mass is 10.6. The zero-order valence-corrected chi connectivity index (χ0v) is 17.7. The Morgan fingerprint density at radius 3 is 1.00 bits per heavy atom.